The van der Waals surface area contributed by atoms with Crippen molar-refractivity contribution >= 4 is 40.8 Å². The first-order valence-corrected chi connectivity index (χ1v) is 6.25. The highest BCUT2D eigenvalue weighted by Crippen LogP contribution is 2.41. The number of hydrogen-bond donors (Lipinski definition) is 2. The maximum absolute atomic E-state index is 11.8. The van der Waals surface area contributed by atoms with Crippen molar-refractivity contribution in [1.29, 1.82) is 0 Å². The molecule has 0 saturated heterocycles. The molecule has 0 radical (unpaired) electrons. The molecule has 0 aromatic heterocycles. The zero-order chi connectivity index (χ0) is 14.2. The molecule has 1 heterocycles. The number of carbonyl (C=O) groups is 2. The smallest absolute Gasteiger partial charge is 0.326 e. The predicted molar refractivity (Wildman–Crippen MR) is 70.9 cm³/mol. The fourth-order valence-corrected chi connectivity index (χ4v) is 2.80. The van der Waals surface area contributed by atoms with E-state index >= 15 is 0 Å². The van der Waals surface area contributed by atoms with Gasteiger partial charge in [0.25, 0.3) is 0 Å². The first kappa shape index (κ1) is 14.0. The van der Waals surface area contributed by atoms with Crippen LogP contribution in [0.3, 0.4) is 0 Å². The number of rotatable bonds is 2. The maximum atomic E-state index is 11.8. The summed E-state index contributed by atoms with van der Waals surface area (Å²) in [6, 6.07) is 2.18. The summed E-state index contributed by atoms with van der Waals surface area (Å²) in [7, 11) is 1.25. The number of carboxylic acid groups (broad SMARTS) is 1. The fraction of sp³-hybridized carbons (Fsp3) is 0.333. The van der Waals surface area contributed by atoms with Crippen molar-refractivity contribution < 1.29 is 19.4 Å². The molecular formula is C12H11Cl2NO4. The normalized spacial score (nSPS) is 21.2. The monoisotopic (exact) mass is 303 g/mol. The highest BCUT2D eigenvalue weighted by atomic mass is 35.5. The molecule has 102 valence electrons. The number of nitrogens with one attached hydrogen (secondary N) is 1. The van der Waals surface area contributed by atoms with E-state index in [1.165, 1.54) is 13.2 Å². The van der Waals surface area contributed by atoms with Crippen molar-refractivity contribution in [2.24, 2.45) is 0 Å². The van der Waals surface area contributed by atoms with Crippen molar-refractivity contribution in [1.82, 2.24) is 0 Å². The van der Waals surface area contributed by atoms with Crippen LogP contribution in [0.5, 0.6) is 0 Å². The van der Waals surface area contributed by atoms with Gasteiger partial charge in [0.2, 0.25) is 0 Å². The molecule has 7 heteroatoms. The Morgan fingerprint density at radius 2 is 2.11 bits per heavy atom. The van der Waals surface area contributed by atoms with E-state index in [9.17, 15) is 9.59 Å². The average molecular weight is 304 g/mol. The molecule has 0 spiro atoms. The topological polar surface area (TPSA) is 75.6 Å². The zero-order valence-electron chi connectivity index (χ0n) is 9.94. The number of anilines is 1. The molecule has 1 aromatic rings. The molecule has 5 nitrogen and oxygen atoms in total. The molecule has 2 atom stereocenters. The summed E-state index contributed by atoms with van der Waals surface area (Å²) in [4.78, 5) is 22.9. The molecular weight excluding hydrogens is 293 g/mol. The minimum atomic E-state index is -1.05. The summed E-state index contributed by atoms with van der Waals surface area (Å²) in [5.74, 6) is -2.28. The van der Waals surface area contributed by atoms with Crippen LogP contribution in [0.2, 0.25) is 10.0 Å². The van der Waals surface area contributed by atoms with E-state index in [1.54, 1.807) is 6.07 Å². The van der Waals surface area contributed by atoms with Gasteiger partial charge >= 0.3 is 11.9 Å². The Morgan fingerprint density at radius 1 is 1.42 bits per heavy atom. The second-order valence-electron chi connectivity index (χ2n) is 4.20. The molecule has 2 N–H and O–H groups in total. The summed E-state index contributed by atoms with van der Waals surface area (Å²) in [5.41, 5.74) is 0.974. The van der Waals surface area contributed by atoms with Crippen LogP contribution in [0.25, 0.3) is 0 Å². The molecule has 0 aliphatic carbocycles. The van der Waals surface area contributed by atoms with Crippen molar-refractivity contribution in [3.63, 3.8) is 0 Å². The summed E-state index contributed by atoms with van der Waals surface area (Å²) >= 11 is 12.0. The van der Waals surface area contributed by atoms with Gasteiger partial charge in [-0.1, -0.05) is 23.2 Å². The Kier molecular flexibility index (Phi) is 3.87. The highest BCUT2D eigenvalue weighted by Gasteiger charge is 2.37. The number of halogens is 2. The number of methoxy groups -OCH3 is 1. The Morgan fingerprint density at radius 3 is 2.68 bits per heavy atom. The molecule has 0 saturated carbocycles. The standard InChI is InChI=1S/C12H11Cl2NO4/c1-19-12(18)6-4-9(11(16)17)15-8-3-5(13)2-7(14)10(6)8/h2-3,6,9,15H,4H2,1H3,(H,16,17)/t6-,9+/m1/s1. The van der Waals surface area contributed by atoms with Gasteiger partial charge in [0.1, 0.15) is 6.04 Å². The minimum absolute atomic E-state index is 0.0797. The summed E-state index contributed by atoms with van der Waals surface area (Å²) in [5, 5.41) is 12.6. The second kappa shape index (κ2) is 5.27. The van der Waals surface area contributed by atoms with Crippen LogP contribution in [0.1, 0.15) is 17.9 Å². The van der Waals surface area contributed by atoms with Gasteiger partial charge in [0.15, 0.2) is 0 Å². The van der Waals surface area contributed by atoms with E-state index < -0.39 is 23.9 Å². The van der Waals surface area contributed by atoms with E-state index in [4.69, 9.17) is 33.0 Å². The van der Waals surface area contributed by atoms with E-state index in [2.05, 4.69) is 5.32 Å². The summed E-state index contributed by atoms with van der Waals surface area (Å²) in [6.07, 6.45) is 0.0797. The van der Waals surface area contributed by atoms with Crippen LogP contribution >= 0.6 is 23.2 Å². The van der Waals surface area contributed by atoms with Gasteiger partial charge in [-0.05, 0) is 18.6 Å². The molecule has 2 rings (SSSR count). The van der Waals surface area contributed by atoms with Gasteiger partial charge < -0.3 is 15.2 Å². The predicted octanol–water partition coefficient (Wildman–Crippen LogP) is 2.52. The molecule has 1 aliphatic rings. The van der Waals surface area contributed by atoms with Gasteiger partial charge in [-0.2, -0.15) is 0 Å². The van der Waals surface area contributed by atoms with Crippen LogP contribution in [0.4, 0.5) is 5.69 Å². The van der Waals surface area contributed by atoms with E-state index in [-0.39, 0.29) is 6.42 Å². The SMILES string of the molecule is COC(=O)[C@@H]1C[C@@H](C(=O)O)Nc2cc(Cl)cc(Cl)c21. The van der Waals surface area contributed by atoms with Gasteiger partial charge in [-0.25, -0.2) is 4.79 Å². The van der Waals surface area contributed by atoms with Crippen molar-refractivity contribution in [3.8, 4) is 0 Å². The van der Waals surface area contributed by atoms with Gasteiger partial charge in [-0.15, -0.1) is 0 Å². The first-order valence-electron chi connectivity index (χ1n) is 5.50. The van der Waals surface area contributed by atoms with E-state index in [1.807, 2.05) is 0 Å². The lowest BCUT2D eigenvalue weighted by molar-refractivity contribution is -0.143. The summed E-state index contributed by atoms with van der Waals surface area (Å²) in [6.45, 7) is 0. The number of benzene rings is 1. The lowest BCUT2D eigenvalue weighted by atomic mass is 9.87. The van der Waals surface area contributed by atoms with Crippen LogP contribution < -0.4 is 5.32 Å². The molecule has 0 bridgehead atoms. The molecule has 0 fully saturated rings. The molecule has 1 aromatic carbocycles. The van der Waals surface area contributed by atoms with Crippen LogP contribution in [0.15, 0.2) is 12.1 Å². The minimum Gasteiger partial charge on any atom is -0.480 e. The largest absolute Gasteiger partial charge is 0.480 e. The fourth-order valence-electron chi connectivity index (χ4n) is 2.18. The first-order chi connectivity index (χ1) is 8.93. The van der Waals surface area contributed by atoms with Crippen LogP contribution in [-0.2, 0) is 14.3 Å². The van der Waals surface area contributed by atoms with Gasteiger partial charge in [-0.3, -0.25) is 4.79 Å². The summed E-state index contributed by atoms with van der Waals surface area (Å²) < 4.78 is 4.71. The third-order valence-corrected chi connectivity index (χ3v) is 3.56. The lowest BCUT2D eigenvalue weighted by Gasteiger charge is -2.30. The van der Waals surface area contributed by atoms with E-state index in [0.717, 1.165) is 0 Å². The third-order valence-electron chi connectivity index (χ3n) is 3.03. The van der Waals surface area contributed by atoms with Crippen molar-refractivity contribution in [3.05, 3.63) is 27.7 Å². The Hall–Kier alpha value is -1.46. The number of ether oxygens (including phenoxy) is 1. The number of carboxylic acids is 1. The Bertz CT molecular complexity index is 547. The number of hydrogen-bond acceptors (Lipinski definition) is 4. The number of fused-ring (bicyclic) bond motifs is 1. The van der Waals surface area contributed by atoms with E-state index in [0.29, 0.717) is 21.3 Å². The Balaban J connectivity index is 2.53. The number of aliphatic carboxylic acids is 1. The third kappa shape index (κ3) is 2.62. The van der Waals surface area contributed by atoms with Crippen molar-refractivity contribution in [2.75, 3.05) is 12.4 Å². The van der Waals surface area contributed by atoms with Crippen LogP contribution in [0, 0.1) is 0 Å². The highest BCUT2D eigenvalue weighted by molar-refractivity contribution is 6.36. The Labute approximate surface area is 119 Å². The zero-order valence-corrected chi connectivity index (χ0v) is 11.5. The lowest BCUT2D eigenvalue weighted by Crippen LogP contribution is -2.37. The maximum Gasteiger partial charge on any atom is 0.326 e. The molecule has 0 amide bonds. The molecule has 1 aliphatic heterocycles. The van der Waals surface area contributed by atoms with Gasteiger partial charge in [0.05, 0.1) is 13.0 Å². The molecule has 19 heavy (non-hydrogen) atoms. The van der Waals surface area contributed by atoms with Gasteiger partial charge in [0, 0.05) is 21.3 Å². The van der Waals surface area contributed by atoms with Crippen molar-refractivity contribution in [2.45, 2.75) is 18.4 Å². The quantitative estimate of drug-likeness (QED) is 0.821. The molecule has 0 unspecified atom stereocenters. The second-order valence-corrected chi connectivity index (χ2v) is 5.04. The number of carbonyl (C=O) groups excluding carboxylic acids is 1. The average Bonchev–Trinajstić information content (AvgIpc) is 2.35. The van der Waals surface area contributed by atoms with Crippen LogP contribution in [-0.4, -0.2) is 30.2 Å². The number of esters is 1.